The molecule has 2 N–H and O–H groups in total. The van der Waals surface area contributed by atoms with Crippen LogP contribution in [0.2, 0.25) is 0 Å². The van der Waals surface area contributed by atoms with Crippen LogP contribution in [0.4, 0.5) is 11.4 Å². The Labute approximate surface area is 149 Å². The summed E-state index contributed by atoms with van der Waals surface area (Å²) in [7, 11) is 3.77. The van der Waals surface area contributed by atoms with Crippen molar-refractivity contribution in [2.45, 2.75) is 26.3 Å². The van der Waals surface area contributed by atoms with E-state index in [1.54, 1.807) is 12.1 Å². The van der Waals surface area contributed by atoms with E-state index in [9.17, 15) is 9.59 Å². The second-order valence-electron chi connectivity index (χ2n) is 6.18. The molecule has 2 aromatic rings. The molecular weight excluding hydrogens is 314 g/mol. The summed E-state index contributed by atoms with van der Waals surface area (Å²) in [6.07, 6.45) is 0.725. The van der Waals surface area contributed by atoms with Gasteiger partial charge in [-0.25, -0.2) is 0 Å². The first-order valence-corrected chi connectivity index (χ1v) is 8.37. The zero-order valence-corrected chi connectivity index (χ0v) is 15.2. The van der Waals surface area contributed by atoms with Crippen LogP contribution in [-0.4, -0.2) is 36.9 Å². The summed E-state index contributed by atoms with van der Waals surface area (Å²) in [5, 5.41) is 5.87. The number of amides is 2. The van der Waals surface area contributed by atoms with E-state index >= 15 is 0 Å². The summed E-state index contributed by atoms with van der Waals surface area (Å²) in [4.78, 5) is 26.7. The SMILES string of the molecule is CC[C@@H](C(=O)Nc1cccc(NC(=O)c2ccccc2)c1C)N(C)C. The van der Waals surface area contributed by atoms with Gasteiger partial charge in [-0.1, -0.05) is 31.2 Å². The molecule has 0 unspecified atom stereocenters. The maximum Gasteiger partial charge on any atom is 0.255 e. The van der Waals surface area contributed by atoms with Gasteiger partial charge in [0.1, 0.15) is 0 Å². The van der Waals surface area contributed by atoms with E-state index in [0.717, 1.165) is 12.0 Å². The molecule has 0 radical (unpaired) electrons. The fourth-order valence-electron chi connectivity index (χ4n) is 2.69. The van der Waals surface area contributed by atoms with E-state index in [4.69, 9.17) is 0 Å². The highest BCUT2D eigenvalue weighted by molar-refractivity contribution is 6.05. The molecule has 0 aromatic heterocycles. The van der Waals surface area contributed by atoms with Crippen LogP contribution in [0.3, 0.4) is 0 Å². The minimum Gasteiger partial charge on any atom is -0.324 e. The summed E-state index contributed by atoms with van der Waals surface area (Å²) in [5.41, 5.74) is 2.81. The van der Waals surface area contributed by atoms with Crippen LogP contribution in [0.25, 0.3) is 0 Å². The fourth-order valence-corrected chi connectivity index (χ4v) is 2.69. The molecule has 0 fully saturated rings. The molecule has 132 valence electrons. The third kappa shape index (κ3) is 4.67. The Morgan fingerprint density at radius 1 is 0.960 bits per heavy atom. The predicted molar refractivity (Wildman–Crippen MR) is 102 cm³/mol. The van der Waals surface area contributed by atoms with E-state index in [1.165, 1.54) is 0 Å². The molecule has 25 heavy (non-hydrogen) atoms. The molecule has 0 heterocycles. The normalized spacial score (nSPS) is 11.9. The van der Waals surface area contributed by atoms with Crippen LogP contribution in [0.15, 0.2) is 48.5 Å². The Hall–Kier alpha value is -2.66. The average Bonchev–Trinajstić information content (AvgIpc) is 2.59. The molecule has 0 saturated heterocycles. The smallest absolute Gasteiger partial charge is 0.255 e. The number of hydrogen-bond acceptors (Lipinski definition) is 3. The summed E-state index contributed by atoms with van der Waals surface area (Å²) in [5.74, 6) is -0.228. The second-order valence-corrected chi connectivity index (χ2v) is 6.18. The van der Waals surface area contributed by atoms with E-state index in [2.05, 4.69) is 10.6 Å². The lowest BCUT2D eigenvalue weighted by Gasteiger charge is -2.22. The Balaban J connectivity index is 2.17. The van der Waals surface area contributed by atoms with Gasteiger partial charge in [-0.15, -0.1) is 0 Å². The van der Waals surface area contributed by atoms with Crippen LogP contribution < -0.4 is 10.6 Å². The van der Waals surface area contributed by atoms with Crippen LogP contribution in [0.1, 0.15) is 29.3 Å². The van der Waals surface area contributed by atoms with Crippen molar-refractivity contribution in [3.63, 3.8) is 0 Å². The summed E-state index contributed by atoms with van der Waals surface area (Å²) in [6, 6.07) is 14.3. The van der Waals surface area contributed by atoms with Crippen molar-refractivity contribution < 1.29 is 9.59 Å². The third-order valence-electron chi connectivity index (χ3n) is 4.19. The Morgan fingerprint density at radius 2 is 1.56 bits per heavy atom. The molecule has 0 saturated carbocycles. The van der Waals surface area contributed by atoms with Crippen LogP contribution >= 0.6 is 0 Å². The first-order valence-electron chi connectivity index (χ1n) is 8.37. The van der Waals surface area contributed by atoms with Gasteiger partial charge in [-0.3, -0.25) is 14.5 Å². The van der Waals surface area contributed by atoms with Crippen molar-refractivity contribution in [3.05, 3.63) is 59.7 Å². The third-order valence-corrected chi connectivity index (χ3v) is 4.19. The number of likely N-dealkylation sites (N-methyl/N-ethyl adjacent to an activating group) is 1. The van der Waals surface area contributed by atoms with E-state index in [0.29, 0.717) is 16.9 Å². The van der Waals surface area contributed by atoms with Gasteiger partial charge in [0, 0.05) is 16.9 Å². The minimum absolute atomic E-state index is 0.0536. The first-order chi connectivity index (χ1) is 11.9. The lowest BCUT2D eigenvalue weighted by molar-refractivity contribution is -0.120. The molecule has 2 amide bonds. The number of anilines is 2. The Kier molecular flexibility index (Phi) is 6.31. The Bertz CT molecular complexity index is 742. The summed E-state index contributed by atoms with van der Waals surface area (Å²) >= 11 is 0. The zero-order valence-electron chi connectivity index (χ0n) is 15.2. The lowest BCUT2D eigenvalue weighted by atomic mass is 10.1. The molecule has 0 aliphatic rings. The van der Waals surface area contributed by atoms with E-state index < -0.39 is 0 Å². The number of nitrogens with one attached hydrogen (secondary N) is 2. The van der Waals surface area contributed by atoms with Crippen molar-refractivity contribution in [1.29, 1.82) is 0 Å². The highest BCUT2D eigenvalue weighted by atomic mass is 16.2. The van der Waals surface area contributed by atoms with Crippen molar-refractivity contribution >= 4 is 23.2 Å². The van der Waals surface area contributed by atoms with Crippen molar-refractivity contribution in [1.82, 2.24) is 4.90 Å². The fraction of sp³-hybridized carbons (Fsp3) is 0.300. The molecule has 2 rings (SSSR count). The molecule has 0 aliphatic carbocycles. The molecule has 0 spiro atoms. The maximum atomic E-state index is 12.5. The maximum absolute atomic E-state index is 12.5. The number of benzene rings is 2. The molecule has 2 aromatic carbocycles. The topological polar surface area (TPSA) is 61.4 Å². The highest BCUT2D eigenvalue weighted by Crippen LogP contribution is 2.24. The van der Waals surface area contributed by atoms with Gasteiger partial charge in [0.25, 0.3) is 5.91 Å². The van der Waals surface area contributed by atoms with Gasteiger partial charge in [0.2, 0.25) is 5.91 Å². The standard InChI is InChI=1S/C20H25N3O2/c1-5-18(23(3)4)20(25)22-17-13-9-12-16(14(17)2)21-19(24)15-10-7-6-8-11-15/h6-13,18H,5H2,1-4H3,(H,21,24)(H,22,25)/t18-/m0/s1. The molecular formula is C20H25N3O2. The monoisotopic (exact) mass is 339 g/mol. The second kappa shape index (κ2) is 8.44. The highest BCUT2D eigenvalue weighted by Gasteiger charge is 2.19. The number of nitrogens with zero attached hydrogens (tertiary/aromatic N) is 1. The van der Waals surface area contributed by atoms with Crippen molar-refractivity contribution in [2.75, 3.05) is 24.7 Å². The average molecular weight is 339 g/mol. The zero-order chi connectivity index (χ0) is 18.4. The molecule has 0 aliphatic heterocycles. The number of carbonyl (C=O) groups is 2. The van der Waals surface area contributed by atoms with Crippen LogP contribution in [0, 0.1) is 6.92 Å². The quantitative estimate of drug-likeness (QED) is 0.846. The van der Waals surface area contributed by atoms with Crippen LogP contribution in [0.5, 0.6) is 0 Å². The Morgan fingerprint density at radius 3 is 2.12 bits per heavy atom. The minimum atomic E-state index is -0.193. The lowest BCUT2D eigenvalue weighted by Crippen LogP contribution is -2.39. The number of carbonyl (C=O) groups excluding carboxylic acids is 2. The molecule has 5 heteroatoms. The van der Waals surface area contributed by atoms with Crippen molar-refractivity contribution in [3.8, 4) is 0 Å². The predicted octanol–water partition coefficient (Wildman–Crippen LogP) is 3.53. The van der Waals surface area contributed by atoms with E-state index in [-0.39, 0.29) is 17.9 Å². The van der Waals surface area contributed by atoms with Crippen molar-refractivity contribution in [2.24, 2.45) is 0 Å². The molecule has 5 nitrogen and oxygen atoms in total. The van der Waals surface area contributed by atoms with E-state index in [1.807, 2.05) is 69.2 Å². The first kappa shape index (κ1) is 18.7. The summed E-state index contributed by atoms with van der Waals surface area (Å²) in [6.45, 7) is 3.86. The van der Waals surface area contributed by atoms with Gasteiger partial charge < -0.3 is 10.6 Å². The number of rotatable bonds is 6. The van der Waals surface area contributed by atoms with Gasteiger partial charge >= 0.3 is 0 Å². The van der Waals surface area contributed by atoms with Gasteiger partial charge in [-0.05, 0) is 57.3 Å². The summed E-state index contributed by atoms with van der Waals surface area (Å²) < 4.78 is 0. The number of hydrogen-bond donors (Lipinski definition) is 2. The van der Waals surface area contributed by atoms with Crippen LogP contribution in [-0.2, 0) is 4.79 Å². The van der Waals surface area contributed by atoms with Gasteiger partial charge in [0.05, 0.1) is 6.04 Å². The van der Waals surface area contributed by atoms with Gasteiger partial charge in [0.15, 0.2) is 0 Å². The van der Waals surface area contributed by atoms with Gasteiger partial charge in [-0.2, -0.15) is 0 Å². The molecule has 1 atom stereocenters. The largest absolute Gasteiger partial charge is 0.324 e. The molecule has 0 bridgehead atoms.